The summed E-state index contributed by atoms with van der Waals surface area (Å²) in [6, 6.07) is 12.3. The molecule has 0 atom stereocenters. The van der Waals surface area contributed by atoms with Gasteiger partial charge in [0.2, 0.25) is 0 Å². The van der Waals surface area contributed by atoms with E-state index >= 15 is 0 Å². The Labute approximate surface area is 199 Å². The quantitative estimate of drug-likeness (QED) is 0.434. The molecule has 0 spiro atoms. The van der Waals surface area contributed by atoms with Crippen molar-refractivity contribution < 1.29 is 14.3 Å². The van der Waals surface area contributed by atoms with Crippen LogP contribution in [0, 0.1) is 0 Å². The van der Waals surface area contributed by atoms with Crippen LogP contribution in [-0.4, -0.2) is 34.0 Å². The molecule has 176 valence electrons. The molecule has 3 aromatic rings. The largest absolute Gasteiger partial charge is 0.457 e. The lowest BCUT2D eigenvalue weighted by atomic mass is 9.85. The fraction of sp³-hybridized carbons (Fsp3) is 0.269. The molecule has 8 heteroatoms. The first-order valence-corrected chi connectivity index (χ1v) is 11.1. The lowest BCUT2D eigenvalue weighted by Gasteiger charge is -2.36. The zero-order valence-corrected chi connectivity index (χ0v) is 19.8. The van der Waals surface area contributed by atoms with Gasteiger partial charge in [-0.1, -0.05) is 11.6 Å². The molecule has 2 aromatic heterocycles. The zero-order valence-electron chi connectivity index (χ0n) is 19.8. The highest BCUT2D eigenvalue weighted by Crippen LogP contribution is 2.33. The summed E-state index contributed by atoms with van der Waals surface area (Å²) >= 11 is 0. The lowest BCUT2D eigenvalue weighted by molar-refractivity contribution is -0.0522. The first-order valence-electron chi connectivity index (χ1n) is 11.1. The number of ether oxygens (including phenoxy) is 2. The van der Waals surface area contributed by atoms with Crippen LogP contribution in [0.5, 0.6) is 11.5 Å². The molecule has 0 bridgehead atoms. The van der Waals surface area contributed by atoms with Crippen molar-refractivity contribution >= 4 is 23.2 Å². The number of aromatic nitrogens is 3. The molecular weight excluding hydrogens is 430 g/mol. The van der Waals surface area contributed by atoms with Gasteiger partial charge in [-0.15, -0.1) is 0 Å². The van der Waals surface area contributed by atoms with Gasteiger partial charge in [-0.2, -0.15) is 5.10 Å². The van der Waals surface area contributed by atoms with E-state index in [4.69, 9.17) is 14.6 Å². The van der Waals surface area contributed by atoms with Crippen molar-refractivity contribution in [2.45, 2.75) is 33.1 Å². The Morgan fingerprint density at radius 1 is 1.03 bits per heavy atom. The third-order valence-electron chi connectivity index (χ3n) is 5.40. The average Bonchev–Trinajstić information content (AvgIpc) is 3.21. The van der Waals surface area contributed by atoms with Crippen LogP contribution >= 0.6 is 0 Å². The van der Waals surface area contributed by atoms with E-state index in [2.05, 4.69) is 22.5 Å². The maximum Gasteiger partial charge on any atom is 0.324 e. The topological polar surface area (TPSA) is 90.3 Å². The second-order valence-electron chi connectivity index (χ2n) is 8.82. The summed E-state index contributed by atoms with van der Waals surface area (Å²) in [6.45, 7) is 9.36. The van der Waals surface area contributed by atoms with E-state index in [-0.39, 0.29) is 11.4 Å². The van der Waals surface area contributed by atoms with Crippen LogP contribution < -0.4 is 15.4 Å². The smallest absolute Gasteiger partial charge is 0.324 e. The van der Waals surface area contributed by atoms with Crippen molar-refractivity contribution in [3.8, 4) is 11.5 Å². The standard InChI is InChI=1S/C26H29N5O3/c1-18(2)5-6-19(3)31-24(15-23(30-31)26(4)16-33-17-26)29-25(32)28-20-7-9-21(10-8-20)34-22-11-13-27-14-12-22/h5-15H,16-17H2,1-4H3,(H2,28,29,32)/b19-6+. The summed E-state index contributed by atoms with van der Waals surface area (Å²) in [6.07, 6.45) is 7.34. The fourth-order valence-electron chi connectivity index (χ4n) is 3.38. The second kappa shape index (κ2) is 9.93. The van der Waals surface area contributed by atoms with Crippen LogP contribution in [0.15, 0.2) is 72.6 Å². The van der Waals surface area contributed by atoms with E-state index in [1.54, 1.807) is 53.5 Å². The number of urea groups is 1. The maximum absolute atomic E-state index is 12.8. The summed E-state index contributed by atoms with van der Waals surface area (Å²) in [5.74, 6) is 1.95. The Kier molecular flexibility index (Phi) is 6.79. The van der Waals surface area contributed by atoms with E-state index in [9.17, 15) is 4.79 Å². The molecule has 1 saturated heterocycles. The van der Waals surface area contributed by atoms with Gasteiger partial charge in [0, 0.05) is 29.8 Å². The van der Waals surface area contributed by atoms with E-state index in [1.807, 2.05) is 39.0 Å². The number of benzene rings is 1. The highest BCUT2D eigenvalue weighted by Gasteiger charge is 2.38. The highest BCUT2D eigenvalue weighted by atomic mass is 16.5. The molecule has 1 aliphatic heterocycles. The third-order valence-corrected chi connectivity index (χ3v) is 5.40. The van der Waals surface area contributed by atoms with Gasteiger partial charge in [0.15, 0.2) is 0 Å². The molecule has 1 aliphatic rings. The molecule has 0 unspecified atom stereocenters. The van der Waals surface area contributed by atoms with Crippen LogP contribution in [0.25, 0.3) is 5.70 Å². The maximum atomic E-state index is 12.8. The number of anilines is 2. The zero-order chi connectivity index (χ0) is 24.1. The van der Waals surface area contributed by atoms with Gasteiger partial charge >= 0.3 is 6.03 Å². The molecule has 0 radical (unpaired) electrons. The Morgan fingerprint density at radius 2 is 1.71 bits per heavy atom. The van der Waals surface area contributed by atoms with Crippen molar-refractivity contribution in [2.24, 2.45) is 0 Å². The number of nitrogens with zero attached hydrogens (tertiary/aromatic N) is 3. The number of pyridine rings is 1. The normalized spacial score (nSPS) is 14.6. The minimum atomic E-state index is -0.361. The Hall–Kier alpha value is -3.91. The third kappa shape index (κ3) is 5.52. The molecule has 4 rings (SSSR count). The van der Waals surface area contributed by atoms with Gasteiger partial charge < -0.3 is 14.8 Å². The van der Waals surface area contributed by atoms with E-state index in [1.165, 1.54) is 5.57 Å². The van der Waals surface area contributed by atoms with Crippen LogP contribution in [0.3, 0.4) is 0 Å². The molecule has 2 amide bonds. The lowest BCUT2D eigenvalue weighted by Crippen LogP contribution is -2.44. The SMILES string of the molecule is CC(C)=C/C=C(\C)n1nc(C2(C)COC2)cc1NC(=O)Nc1ccc(Oc2ccncc2)cc1. The van der Waals surface area contributed by atoms with Gasteiger partial charge in [0.25, 0.3) is 0 Å². The van der Waals surface area contributed by atoms with Crippen LogP contribution in [0.1, 0.15) is 33.4 Å². The van der Waals surface area contributed by atoms with Crippen LogP contribution in [-0.2, 0) is 10.2 Å². The van der Waals surface area contributed by atoms with Crippen molar-refractivity contribution in [1.29, 1.82) is 0 Å². The summed E-state index contributed by atoms with van der Waals surface area (Å²) in [4.78, 5) is 16.8. The monoisotopic (exact) mass is 459 g/mol. The number of carbonyl (C=O) groups excluding carboxylic acids is 1. The fourth-order valence-corrected chi connectivity index (χ4v) is 3.38. The Morgan fingerprint density at radius 3 is 2.32 bits per heavy atom. The minimum Gasteiger partial charge on any atom is -0.457 e. The molecule has 3 heterocycles. The molecule has 1 fully saturated rings. The molecule has 2 N–H and O–H groups in total. The van der Waals surface area contributed by atoms with Crippen molar-refractivity contribution in [3.05, 3.63) is 78.3 Å². The number of carbonyl (C=O) groups is 1. The Bertz CT molecular complexity index is 1200. The number of amides is 2. The molecule has 34 heavy (non-hydrogen) atoms. The second-order valence-corrected chi connectivity index (χ2v) is 8.82. The summed E-state index contributed by atoms with van der Waals surface area (Å²) < 4.78 is 12.9. The average molecular weight is 460 g/mol. The predicted molar refractivity (Wildman–Crippen MR) is 133 cm³/mol. The highest BCUT2D eigenvalue weighted by molar-refractivity contribution is 5.99. The first kappa shape index (κ1) is 23.3. The van der Waals surface area contributed by atoms with Gasteiger partial charge in [0.1, 0.15) is 17.3 Å². The molecule has 0 aliphatic carbocycles. The van der Waals surface area contributed by atoms with Crippen molar-refractivity contribution in [2.75, 3.05) is 23.8 Å². The predicted octanol–water partition coefficient (Wildman–Crippen LogP) is 5.83. The van der Waals surface area contributed by atoms with E-state index in [0.717, 1.165) is 11.4 Å². The summed E-state index contributed by atoms with van der Waals surface area (Å²) in [5.41, 5.74) is 3.44. The van der Waals surface area contributed by atoms with Crippen molar-refractivity contribution in [3.63, 3.8) is 0 Å². The number of nitrogens with one attached hydrogen (secondary N) is 2. The number of rotatable bonds is 7. The number of hydrogen-bond donors (Lipinski definition) is 2. The minimum absolute atomic E-state index is 0.153. The number of allylic oxidation sites excluding steroid dienone is 4. The summed E-state index contributed by atoms with van der Waals surface area (Å²) in [5, 5.41) is 10.6. The van der Waals surface area contributed by atoms with Gasteiger partial charge in [-0.3, -0.25) is 10.3 Å². The van der Waals surface area contributed by atoms with E-state index in [0.29, 0.717) is 36.2 Å². The molecular formula is C26H29N5O3. The van der Waals surface area contributed by atoms with Gasteiger partial charge in [0.05, 0.1) is 24.3 Å². The first-order chi connectivity index (χ1) is 16.3. The van der Waals surface area contributed by atoms with Crippen LogP contribution in [0.4, 0.5) is 16.3 Å². The van der Waals surface area contributed by atoms with Crippen LogP contribution in [0.2, 0.25) is 0 Å². The molecule has 0 saturated carbocycles. The molecule has 8 nitrogen and oxygen atoms in total. The van der Waals surface area contributed by atoms with Crippen molar-refractivity contribution in [1.82, 2.24) is 14.8 Å². The Balaban J connectivity index is 1.47. The van der Waals surface area contributed by atoms with Gasteiger partial charge in [-0.05, 0) is 70.2 Å². The molecule has 1 aromatic carbocycles. The van der Waals surface area contributed by atoms with E-state index < -0.39 is 0 Å². The summed E-state index contributed by atoms with van der Waals surface area (Å²) in [7, 11) is 0. The number of hydrogen-bond acceptors (Lipinski definition) is 5. The van der Waals surface area contributed by atoms with Gasteiger partial charge in [-0.25, -0.2) is 9.48 Å².